The number of nitrogens with one attached hydrogen (secondary N) is 1. The van der Waals surface area contributed by atoms with Gasteiger partial charge in [0.25, 0.3) is 0 Å². The number of pyridine rings is 1. The molecule has 0 atom stereocenters. The van der Waals surface area contributed by atoms with E-state index in [0.717, 1.165) is 0 Å². The maximum Gasteiger partial charge on any atom is 0.133 e. The van der Waals surface area contributed by atoms with E-state index < -0.39 is 0 Å². The van der Waals surface area contributed by atoms with Crippen LogP contribution in [0.4, 0.5) is 5.82 Å². The normalized spacial score (nSPS) is 9.55. The molecular formula is C7H9N3S. The van der Waals surface area contributed by atoms with Gasteiger partial charge in [0.1, 0.15) is 5.82 Å². The van der Waals surface area contributed by atoms with E-state index in [1.807, 2.05) is 6.26 Å². The van der Waals surface area contributed by atoms with Crippen LogP contribution in [0.3, 0.4) is 0 Å². The van der Waals surface area contributed by atoms with E-state index >= 15 is 0 Å². The number of hydrogen-bond acceptors (Lipinski definition) is 4. The Hall–Kier alpha value is -1.03. The summed E-state index contributed by atoms with van der Waals surface area (Å²) in [5.41, 5.74) is 6.24. The fourth-order valence-corrected chi connectivity index (χ4v) is 1.11. The Morgan fingerprint density at radius 1 is 1.73 bits per heavy atom. The number of rotatable bonds is 1. The molecule has 0 unspecified atom stereocenters. The van der Waals surface area contributed by atoms with Crippen LogP contribution >= 0.6 is 11.8 Å². The molecule has 0 saturated heterocycles. The van der Waals surface area contributed by atoms with Gasteiger partial charge in [0.05, 0.1) is 5.04 Å². The first-order valence-electron chi connectivity index (χ1n) is 3.09. The summed E-state index contributed by atoms with van der Waals surface area (Å²) in [6, 6.07) is 3.57. The maximum atomic E-state index is 7.46. The molecule has 3 N–H and O–H groups in total. The lowest BCUT2D eigenvalue weighted by atomic mass is 10.3. The van der Waals surface area contributed by atoms with Crippen LogP contribution in [-0.2, 0) is 0 Å². The van der Waals surface area contributed by atoms with Crippen molar-refractivity contribution in [1.82, 2.24) is 4.98 Å². The van der Waals surface area contributed by atoms with E-state index in [1.54, 1.807) is 18.3 Å². The minimum Gasteiger partial charge on any atom is -0.383 e. The molecule has 0 bridgehead atoms. The summed E-state index contributed by atoms with van der Waals surface area (Å²) in [6.45, 7) is 0. The van der Waals surface area contributed by atoms with Gasteiger partial charge in [-0.15, -0.1) is 11.8 Å². The molecule has 1 heterocycles. The Labute approximate surface area is 69.5 Å². The SMILES string of the molecule is CSC(=N)c1cccnc1N. The standard InChI is InChI=1S/C7H9N3S/c1-11-7(9)5-3-2-4-10-6(5)8/h2-4,9H,1H3,(H2,8,10). The molecule has 0 fully saturated rings. The number of thioether (sulfide) groups is 1. The second-order valence-electron chi connectivity index (χ2n) is 1.97. The summed E-state index contributed by atoms with van der Waals surface area (Å²) in [6.07, 6.45) is 3.46. The van der Waals surface area contributed by atoms with Crippen LogP contribution in [-0.4, -0.2) is 16.3 Å². The number of nitrogens with two attached hydrogens (primary N) is 1. The van der Waals surface area contributed by atoms with Gasteiger partial charge in [0, 0.05) is 11.8 Å². The summed E-state index contributed by atoms with van der Waals surface area (Å²) < 4.78 is 0. The van der Waals surface area contributed by atoms with Gasteiger partial charge in [-0.2, -0.15) is 0 Å². The largest absolute Gasteiger partial charge is 0.383 e. The lowest BCUT2D eigenvalue weighted by Gasteiger charge is -2.01. The fraction of sp³-hybridized carbons (Fsp3) is 0.143. The van der Waals surface area contributed by atoms with Crippen LogP contribution in [0.5, 0.6) is 0 Å². The molecule has 0 saturated carbocycles. The van der Waals surface area contributed by atoms with Gasteiger partial charge in [-0.05, 0) is 18.4 Å². The van der Waals surface area contributed by atoms with Crippen molar-refractivity contribution in [2.75, 3.05) is 12.0 Å². The number of nitrogens with zero attached hydrogens (tertiary/aromatic N) is 1. The molecule has 0 radical (unpaired) electrons. The van der Waals surface area contributed by atoms with E-state index in [2.05, 4.69) is 4.98 Å². The first kappa shape index (κ1) is 8.07. The van der Waals surface area contributed by atoms with Crippen molar-refractivity contribution < 1.29 is 0 Å². The zero-order valence-corrected chi connectivity index (χ0v) is 6.98. The van der Waals surface area contributed by atoms with Gasteiger partial charge >= 0.3 is 0 Å². The van der Waals surface area contributed by atoms with Crippen molar-refractivity contribution >= 4 is 22.6 Å². The smallest absolute Gasteiger partial charge is 0.133 e. The summed E-state index contributed by atoms with van der Waals surface area (Å²) in [5, 5.41) is 7.92. The second-order valence-corrected chi connectivity index (χ2v) is 2.79. The molecule has 0 amide bonds. The third kappa shape index (κ3) is 1.71. The topological polar surface area (TPSA) is 62.8 Å². The first-order chi connectivity index (χ1) is 5.25. The number of anilines is 1. The highest BCUT2D eigenvalue weighted by Crippen LogP contribution is 2.13. The molecular weight excluding hydrogens is 158 g/mol. The highest BCUT2D eigenvalue weighted by molar-refractivity contribution is 8.13. The molecule has 0 aromatic carbocycles. The van der Waals surface area contributed by atoms with Crippen molar-refractivity contribution in [3.63, 3.8) is 0 Å². The minimum absolute atomic E-state index is 0.423. The Morgan fingerprint density at radius 3 is 3.00 bits per heavy atom. The van der Waals surface area contributed by atoms with Crippen molar-refractivity contribution in [3.05, 3.63) is 23.9 Å². The zero-order valence-electron chi connectivity index (χ0n) is 6.16. The molecule has 0 aliphatic rings. The summed E-state index contributed by atoms with van der Waals surface area (Å²) >= 11 is 1.36. The summed E-state index contributed by atoms with van der Waals surface area (Å²) in [4.78, 5) is 3.87. The predicted octanol–water partition coefficient (Wildman–Crippen LogP) is 1.35. The van der Waals surface area contributed by atoms with E-state index in [0.29, 0.717) is 16.4 Å². The van der Waals surface area contributed by atoms with Crippen molar-refractivity contribution in [2.45, 2.75) is 0 Å². The molecule has 3 nitrogen and oxygen atoms in total. The van der Waals surface area contributed by atoms with Crippen LogP contribution in [0.25, 0.3) is 0 Å². The fourth-order valence-electron chi connectivity index (χ4n) is 0.719. The number of nitrogen functional groups attached to an aromatic ring is 1. The van der Waals surface area contributed by atoms with Crippen molar-refractivity contribution in [3.8, 4) is 0 Å². The van der Waals surface area contributed by atoms with Gasteiger partial charge in [-0.25, -0.2) is 4.98 Å². The quantitative estimate of drug-likeness (QED) is 0.490. The predicted molar refractivity (Wildman–Crippen MR) is 49.0 cm³/mol. The molecule has 0 aliphatic heterocycles. The maximum absolute atomic E-state index is 7.46. The van der Waals surface area contributed by atoms with E-state index in [1.165, 1.54) is 11.8 Å². The molecule has 11 heavy (non-hydrogen) atoms. The number of hydrogen-bond donors (Lipinski definition) is 2. The van der Waals surface area contributed by atoms with E-state index in [9.17, 15) is 0 Å². The van der Waals surface area contributed by atoms with Crippen LogP contribution in [0.1, 0.15) is 5.56 Å². The summed E-state index contributed by atoms with van der Waals surface area (Å²) in [5.74, 6) is 0.423. The average molecular weight is 167 g/mol. The molecule has 1 aromatic heterocycles. The van der Waals surface area contributed by atoms with E-state index in [4.69, 9.17) is 11.1 Å². The van der Waals surface area contributed by atoms with E-state index in [-0.39, 0.29) is 0 Å². The number of aromatic nitrogens is 1. The minimum atomic E-state index is 0.423. The van der Waals surface area contributed by atoms with Gasteiger partial charge in [0.15, 0.2) is 0 Å². The highest BCUT2D eigenvalue weighted by atomic mass is 32.2. The molecule has 0 spiro atoms. The monoisotopic (exact) mass is 167 g/mol. The van der Waals surface area contributed by atoms with Crippen molar-refractivity contribution in [2.24, 2.45) is 0 Å². The highest BCUT2D eigenvalue weighted by Gasteiger charge is 2.02. The van der Waals surface area contributed by atoms with Gasteiger partial charge in [-0.3, -0.25) is 5.41 Å². The van der Waals surface area contributed by atoms with Crippen LogP contribution in [0.2, 0.25) is 0 Å². The van der Waals surface area contributed by atoms with Crippen LogP contribution < -0.4 is 5.73 Å². The zero-order chi connectivity index (χ0) is 8.27. The Balaban J connectivity index is 3.03. The lowest BCUT2D eigenvalue weighted by Crippen LogP contribution is -2.00. The first-order valence-corrected chi connectivity index (χ1v) is 4.31. The van der Waals surface area contributed by atoms with Gasteiger partial charge in [0.2, 0.25) is 0 Å². The van der Waals surface area contributed by atoms with Crippen molar-refractivity contribution in [1.29, 1.82) is 5.41 Å². The second kappa shape index (κ2) is 3.39. The van der Waals surface area contributed by atoms with Gasteiger partial charge in [-0.1, -0.05) is 0 Å². The molecule has 1 aromatic rings. The molecule has 4 heteroatoms. The third-order valence-corrected chi connectivity index (χ3v) is 1.92. The Bertz CT molecular complexity index is 272. The molecule has 58 valence electrons. The van der Waals surface area contributed by atoms with Crippen LogP contribution in [0, 0.1) is 5.41 Å². The lowest BCUT2D eigenvalue weighted by molar-refractivity contribution is 1.32. The Morgan fingerprint density at radius 2 is 2.45 bits per heavy atom. The molecule has 0 aliphatic carbocycles. The van der Waals surface area contributed by atoms with Gasteiger partial charge < -0.3 is 5.73 Å². The third-order valence-electron chi connectivity index (χ3n) is 1.29. The average Bonchev–Trinajstić information content (AvgIpc) is 2.04. The Kier molecular flexibility index (Phi) is 2.48. The molecule has 1 rings (SSSR count). The summed E-state index contributed by atoms with van der Waals surface area (Å²) in [7, 11) is 0. The van der Waals surface area contributed by atoms with Crippen LogP contribution in [0.15, 0.2) is 18.3 Å².